The Morgan fingerprint density at radius 2 is 1.95 bits per heavy atom. The smallest absolute Gasteiger partial charge is 0.280 e. The second-order valence-corrected chi connectivity index (χ2v) is 5.48. The monoisotopic (exact) mass is 295 g/mol. The number of aromatic nitrogens is 1. The van der Waals surface area contributed by atoms with Crippen molar-refractivity contribution in [3.63, 3.8) is 0 Å². The molecule has 2 heterocycles. The van der Waals surface area contributed by atoms with E-state index in [-0.39, 0.29) is 0 Å². The number of ether oxygens (including phenoxy) is 1. The zero-order valence-electron chi connectivity index (χ0n) is 10.3. The molecule has 0 spiro atoms. The lowest BCUT2D eigenvalue weighted by molar-refractivity contribution is 0.479. The van der Waals surface area contributed by atoms with E-state index in [0.717, 1.165) is 31.9 Å². The van der Waals surface area contributed by atoms with E-state index in [4.69, 9.17) is 16.3 Å². The third kappa shape index (κ3) is 3.18. The van der Waals surface area contributed by atoms with Crippen molar-refractivity contribution >= 4 is 28.6 Å². The maximum absolute atomic E-state index is 5.76. The summed E-state index contributed by atoms with van der Waals surface area (Å²) in [6, 6.07) is 8.09. The number of nitrogens with zero attached hydrogens (tertiary/aromatic N) is 2. The van der Waals surface area contributed by atoms with E-state index < -0.39 is 0 Å². The van der Waals surface area contributed by atoms with Gasteiger partial charge in [-0.15, -0.1) is 0 Å². The lowest BCUT2D eigenvalue weighted by atomic mass is 10.2. The zero-order valence-corrected chi connectivity index (χ0v) is 11.9. The van der Waals surface area contributed by atoms with Crippen molar-refractivity contribution < 1.29 is 4.74 Å². The summed E-state index contributed by atoms with van der Waals surface area (Å²) < 4.78 is 5.63. The van der Waals surface area contributed by atoms with Crippen LogP contribution in [0.2, 0.25) is 5.15 Å². The van der Waals surface area contributed by atoms with Crippen LogP contribution in [0.15, 0.2) is 29.6 Å². The molecular formula is C13H14ClN3OS. The Kier molecular flexibility index (Phi) is 3.87. The van der Waals surface area contributed by atoms with Crippen LogP contribution in [0.25, 0.3) is 0 Å². The molecule has 0 atom stereocenters. The van der Waals surface area contributed by atoms with Gasteiger partial charge in [0.1, 0.15) is 10.9 Å². The van der Waals surface area contributed by atoms with Gasteiger partial charge < -0.3 is 15.0 Å². The second-order valence-electron chi connectivity index (χ2n) is 4.27. The highest BCUT2D eigenvalue weighted by molar-refractivity contribution is 7.11. The van der Waals surface area contributed by atoms with Crippen molar-refractivity contribution in [1.82, 2.24) is 10.3 Å². The van der Waals surface area contributed by atoms with E-state index in [9.17, 15) is 0 Å². The maximum Gasteiger partial charge on any atom is 0.280 e. The molecule has 0 amide bonds. The summed E-state index contributed by atoms with van der Waals surface area (Å²) in [5.41, 5.74) is 1.23. The van der Waals surface area contributed by atoms with E-state index >= 15 is 0 Å². The molecule has 100 valence electrons. The molecule has 0 radical (unpaired) electrons. The Balaban J connectivity index is 1.68. The van der Waals surface area contributed by atoms with Gasteiger partial charge in [0.2, 0.25) is 0 Å². The molecule has 1 aromatic carbocycles. The lowest BCUT2D eigenvalue weighted by Crippen LogP contribution is -2.43. The molecule has 0 unspecified atom stereocenters. The molecule has 4 nitrogen and oxygen atoms in total. The molecule has 1 saturated heterocycles. The SMILES string of the molecule is Clc1csc(Oc2ccc(N3CCNCC3)cc2)n1. The van der Waals surface area contributed by atoms with Crippen molar-refractivity contribution in [2.75, 3.05) is 31.1 Å². The zero-order chi connectivity index (χ0) is 13.1. The second kappa shape index (κ2) is 5.77. The van der Waals surface area contributed by atoms with E-state index in [1.165, 1.54) is 17.0 Å². The highest BCUT2D eigenvalue weighted by Crippen LogP contribution is 2.28. The Hall–Kier alpha value is -1.30. The van der Waals surface area contributed by atoms with Crippen LogP contribution < -0.4 is 15.0 Å². The van der Waals surface area contributed by atoms with Crippen molar-refractivity contribution in [2.45, 2.75) is 0 Å². The number of anilines is 1. The van der Waals surface area contributed by atoms with Gasteiger partial charge in [-0.3, -0.25) is 0 Å². The van der Waals surface area contributed by atoms with Gasteiger partial charge in [-0.1, -0.05) is 22.9 Å². The molecule has 6 heteroatoms. The number of piperazine rings is 1. The fourth-order valence-corrected chi connectivity index (χ4v) is 2.84. The average Bonchev–Trinajstić information content (AvgIpc) is 2.86. The van der Waals surface area contributed by atoms with E-state index in [1.54, 1.807) is 5.38 Å². The Morgan fingerprint density at radius 3 is 2.58 bits per heavy atom. The lowest BCUT2D eigenvalue weighted by Gasteiger charge is -2.29. The molecule has 19 heavy (non-hydrogen) atoms. The minimum absolute atomic E-state index is 0.470. The molecule has 2 aromatic rings. The van der Waals surface area contributed by atoms with Crippen molar-refractivity contribution in [3.05, 3.63) is 34.8 Å². The predicted molar refractivity (Wildman–Crippen MR) is 78.7 cm³/mol. The molecule has 1 aliphatic rings. The van der Waals surface area contributed by atoms with E-state index in [1.807, 2.05) is 12.1 Å². The first-order valence-electron chi connectivity index (χ1n) is 6.16. The standard InChI is InChI=1S/C13H14ClN3OS/c14-12-9-19-13(16-12)18-11-3-1-10(2-4-11)17-7-5-15-6-8-17/h1-4,9,15H,5-8H2. The van der Waals surface area contributed by atoms with Gasteiger partial charge in [-0.05, 0) is 24.3 Å². The quantitative estimate of drug-likeness (QED) is 0.944. The Bertz CT molecular complexity index is 537. The number of nitrogens with one attached hydrogen (secondary N) is 1. The summed E-state index contributed by atoms with van der Waals surface area (Å²) in [5, 5.41) is 6.14. The summed E-state index contributed by atoms with van der Waals surface area (Å²) in [6.07, 6.45) is 0. The van der Waals surface area contributed by atoms with Crippen LogP contribution in [0.3, 0.4) is 0 Å². The number of hydrogen-bond donors (Lipinski definition) is 1. The number of hydrogen-bond acceptors (Lipinski definition) is 5. The fraction of sp³-hybridized carbons (Fsp3) is 0.308. The van der Waals surface area contributed by atoms with Crippen molar-refractivity contribution in [2.24, 2.45) is 0 Å². The van der Waals surface area contributed by atoms with Crippen LogP contribution in [0, 0.1) is 0 Å². The minimum Gasteiger partial charge on any atom is -0.431 e. The minimum atomic E-state index is 0.470. The van der Waals surface area contributed by atoms with Gasteiger partial charge in [0.15, 0.2) is 0 Å². The predicted octanol–water partition coefficient (Wildman–Crippen LogP) is 3.00. The van der Waals surface area contributed by atoms with Gasteiger partial charge >= 0.3 is 0 Å². The van der Waals surface area contributed by atoms with Gasteiger partial charge in [-0.25, -0.2) is 0 Å². The summed E-state index contributed by atoms with van der Waals surface area (Å²) in [6.45, 7) is 4.16. The van der Waals surface area contributed by atoms with Crippen LogP contribution in [-0.2, 0) is 0 Å². The van der Waals surface area contributed by atoms with Crippen LogP contribution >= 0.6 is 22.9 Å². The first kappa shape index (κ1) is 12.7. The molecule has 3 rings (SSSR count). The number of halogens is 1. The third-order valence-electron chi connectivity index (χ3n) is 2.98. The van der Waals surface area contributed by atoms with E-state index in [0.29, 0.717) is 10.3 Å². The highest BCUT2D eigenvalue weighted by atomic mass is 35.5. The highest BCUT2D eigenvalue weighted by Gasteiger charge is 2.10. The van der Waals surface area contributed by atoms with Crippen LogP contribution in [0.1, 0.15) is 0 Å². The molecule has 1 aliphatic heterocycles. The van der Waals surface area contributed by atoms with Gasteiger partial charge in [-0.2, -0.15) is 4.98 Å². The fourth-order valence-electron chi connectivity index (χ4n) is 2.03. The largest absolute Gasteiger partial charge is 0.431 e. The molecule has 1 fully saturated rings. The first-order valence-corrected chi connectivity index (χ1v) is 7.42. The summed E-state index contributed by atoms with van der Waals surface area (Å²) >= 11 is 7.15. The summed E-state index contributed by atoms with van der Waals surface area (Å²) in [7, 11) is 0. The topological polar surface area (TPSA) is 37.4 Å². The maximum atomic E-state index is 5.76. The molecule has 1 aromatic heterocycles. The van der Waals surface area contributed by atoms with Crippen LogP contribution in [-0.4, -0.2) is 31.2 Å². The number of benzene rings is 1. The molecule has 0 bridgehead atoms. The van der Waals surface area contributed by atoms with Gasteiger partial charge in [0, 0.05) is 37.2 Å². The molecule has 0 saturated carbocycles. The Morgan fingerprint density at radius 1 is 1.21 bits per heavy atom. The molecular weight excluding hydrogens is 282 g/mol. The normalized spacial score (nSPS) is 15.5. The molecule has 1 N–H and O–H groups in total. The number of rotatable bonds is 3. The Labute approximate surface area is 121 Å². The average molecular weight is 296 g/mol. The molecule has 0 aliphatic carbocycles. The number of thiazole rings is 1. The third-order valence-corrected chi connectivity index (χ3v) is 4.02. The van der Waals surface area contributed by atoms with Crippen molar-refractivity contribution in [3.8, 4) is 10.9 Å². The van der Waals surface area contributed by atoms with E-state index in [2.05, 4.69) is 27.3 Å². The van der Waals surface area contributed by atoms with Gasteiger partial charge in [0.05, 0.1) is 0 Å². The van der Waals surface area contributed by atoms with Crippen LogP contribution in [0.5, 0.6) is 10.9 Å². The van der Waals surface area contributed by atoms with Crippen LogP contribution in [0.4, 0.5) is 5.69 Å². The summed E-state index contributed by atoms with van der Waals surface area (Å²) in [5.74, 6) is 0.782. The summed E-state index contributed by atoms with van der Waals surface area (Å²) in [4.78, 5) is 6.42. The van der Waals surface area contributed by atoms with Gasteiger partial charge in [0.25, 0.3) is 5.19 Å². The van der Waals surface area contributed by atoms with Crippen molar-refractivity contribution in [1.29, 1.82) is 0 Å². The first-order chi connectivity index (χ1) is 9.31.